The molecule has 5 heteroatoms. The van der Waals surface area contributed by atoms with E-state index >= 15 is 0 Å². The number of ether oxygens (including phenoxy) is 2. The lowest BCUT2D eigenvalue weighted by molar-refractivity contribution is -0.137. The zero-order valence-corrected chi connectivity index (χ0v) is 11.6. The predicted molar refractivity (Wildman–Crippen MR) is 72.6 cm³/mol. The Morgan fingerprint density at radius 3 is 2.58 bits per heavy atom. The molecule has 3 N–H and O–H groups in total. The van der Waals surface area contributed by atoms with Crippen LogP contribution in [0.1, 0.15) is 38.8 Å². The van der Waals surface area contributed by atoms with E-state index in [1.165, 1.54) is 0 Å². The molecule has 5 nitrogen and oxygen atoms in total. The van der Waals surface area contributed by atoms with Crippen molar-refractivity contribution in [1.29, 1.82) is 0 Å². The monoisotopic (exact) mass is 267 g/mol. The molecule has 1 rings (SSSR count). The van der Waals surface area contributed by atoms with Gasteiger partial charge in [-0.1, -0.05) is 6.07 Å². The molecule has 0 amide bonds. The number of aliphatic carboxylic acids is 1. The van der Waals surface area contributed by atoms with Gasteiger partial charge in [-0.05, 0) is 38.5 Å². The third-order valence-corrected chi connectivity index (χ3v) is 2.45. The summed E-state index contributed by atoms with van der Waals surface area (Å²) < 4.78 is 11.1. The Hall–Kier alpha value is -1.75. The zero-order chi connectivity index (χ0) is 14.4. The minimum atomic E-state index is -0.923. The van der Waals surface area contributed by atoms with Crippen LogP contribution in [0, 0.1) is 0 Å². The van der Waals surface area contributed by atoms with E-state index in [4.69, 9.17) is 20.3 Å². The van der Waals surface area contributed by atoms with Crippen molar-refractivity contribution in [2.45, 2.75) is 39.3 Å². The second-order valence-electron chi connectivity index (χ2n) is 4.51. The summed E-state index contributed by atoms with van der Waals surface area (Å²) in [5, 5.41) is 8.76. The van der Waals surface area contributed by atoms with Crippen LogP contribution in [-0.2, 0) is 4.79 Å². The van der Waals surface area contributed by atoms with Crippen molar-refractivity contribution in [2.75, 3.05) is 6.61 Å². The largest absolute Gasteiger partial charge is 0.490 e. The van der Waals surface area contributed by atoms with Crippen LogP contribution in [0.4, 0.5) is 0 Å². The molecule has 0 aliphatic heterocycles. The fourth-order valence-electron chi connectivity index (χ4n) is 1.68. The van der Waals surface area contributed by atoms with Gasteiger partial charge in [-0.2, -0.15) is 0 Å². The van der Waals surface area contributed by atoms with Crippen molar-refractivity contribution in [3.63, 3.8) is 0 Å². The Bertz CT molecular complexity index is 431. The highest BCUT2D eigenvalue weighted by Crippen LogP contribution is 2.31. The van der Waals surface area contributed by atoms with E-state index in [1.807, 2.05) is 20.8 Å². The lowest BCUT2D eigenvalue weighted by Gasteiger charge is -2.17. The van der Waals surface area contributed by atoms with Crippen molar-refractivity contribution in [1.82, 2.24) is 0 Å². The molecule has 0 aromatic heterocycles. The standard InChI is InChI=1S/C14H21NO4/c1-4-18-13-7-10(11(15)8-14(16)17)5-6-12(13)19-9(2)3/h5-7,9,11H,4,8,15H2,1-3H3,(H,16,17)/t11-/m1/s1. The average molecular weight is 267 g/mol. The first-order valence-corrected chi connectivity index (χ1v) is 6.34. The van der Waals surface area contributed by atoms with Crippen LogP contribution in [-0.4, -0.2) is 23.8 Å². The number of carboxylic acids is 1. The molecule has 0 spiro atoms. The molecule has 0 bridgehead atoms. The lowest BCUT2D eigenvalue weighted by Crippen LogP contribution is -2.15. The fourth-order valence-corrected chi connectivity index (χ4v) is 1.68. The van der Waals surface area contributed by atoms with Crippen LogP contribution in [0.15, 0.2) is 18.2 Å². The van der Waals surface area contributed by atoms with Gasteiger partial charge in [0.25, 0.3) is 0 Å². The normalized spacial score (nSPS) is 12.3. The summed E-state index contributed by atoms with van der Waals surface area (Å²) in [6.45, 7) is 6.24. The first-order chi connectivity index (χ1) is 8.93. The van der Waals surface area contributed by atoms with Crippen LogP contribution in [0.25, 0.3) is 0 Å². The van der Waals surface area contributed by atoms with Gasteiger partial charge in [0, 0.05) is 6.04 Å². The fraction of sp³-hybridized carbons (Fsp3) is 0.500. The summed E-state index contributed by atoms with van der Waals surface area (Å²) in [7, 11) is 0. The molecule has 1 aromatic carbocycles. The van der Waals surface area contributed by atoms with Crippen LogP contribution in [0.2, 0.25) is 0 Å². The average Bonchev–Trinajstić information content (AvgIpc) is 2.30. The third kappa shape index (κ3) is 4.79. The van der Waals surface area contributed by atoms with E-state index in [9.17, 15) is 4.79 Å². The van der Waals surface area contributed by atoms with E-state index in [2.05, 4.69) is 0 Å². The molecule has 0 aliphatic rings. The summed E-state index contributed by atoms with van der Waals surface area (Å²) in [6.07, 6.45) is -0.0755. The van der Waals surface area contributed by atoms with Crippen LogP contribution in [0.5, 0.6) is 11.5 Å². The number of carbonyl (C=O) groups is 1. The quantitative estimate of drug-likeness (QED) is 0.792. The van der Waals surface area contributed by atoms with Gasteiger partial charge in [0.15, 0.2) is 11.5 Å². The molecule has 106 valence electrons. The molecule has 0 aliphatic carbocycles. The maximum absolute atomic E-state index is 10.7. The van der Waals surface area contributed by atoms with Crippen molar-refractivity contribution in [2.24, 2.45) is 5.73 Å². The molecule has 0 saturated heterocycles. The number of carboxylic acid groups (broad SMARTS) is 1. The third-order valence-electron chi connectivity index (χ3n) is 2.45. The zero-order valence-electron chi connectivity index (χ0n) is 11.6. The van der Waals surface area contributed by atoms with Gasteiger partial charge in [-0.3, -0.25) is 4.79 Å². The molecular formula is C14H21NO4. The minimum absolute atomic E-state index is 0.0396. The Kier molecular flexibility index (Phi) is 5.63. The smallest absolute Gasteiger partial charge is 0.305 e. The number of hydrogen-bond acceptors (Lipinski definition) is 4. The Labute approximate surface area is 113 Å². The molecule has 0 fully saturated rings. The molecule has 1 aromatic rings. The molecule has 0 heterocycles. The Morgan fingerprint density at radius 1 is 1.37 bits per heavy atom. The van der Waals surface area contributed by atoms with E-state index in [0.29, 0.717) is 18.1 Å². The Balaban J connectivity index is 2.97. The maximum atomic E-state index is 10.7. The van der Waals surface area contributed by atoms with Gasteiger partial charge in [0.1, 0.15) is 0 Å². The summed E-state index contributed by atoms with van der Waals surface area (Å²) in [5.41, 5.74) is 6.56. The number of rotatable bonds is 7. The van der Waals surface area contributed by atoms with Gasteiger partial charge in [0.2, 0.25) is 0 Å². The van der Waals surface area contributed by atoms with Gasteiger partial charge < -0.3 is 20.3 Å². The van der Waals surface area contributed by atoms with E-state index in [0.717, 1.165) is 5.56 Å². The Morgan fingerprint density at radius 2 is 2.05 bits per heavy atom. The first-order valence-electron chi connectivity index (χ1n) is 6.34. The molecule has 1 atom stereocenters. The highest BCUT2D eigenvalue weighted by molar-refractivity contribution is 5.68. The van der Waals surface area contributed by atoms with Gasteiger partial charge in [-0.25, -0.2) is 0 Å². The van der Waals surface area contributed by atoms with E-state index in [1.54, 1.807) is 18.2 Å². The molecular weight excluding hydrogens is 246 g/mol. The molecule has 0 saturated carbocycles. The van der Waals surface area contributed by atoms with E-state index in [-0.39, 0.29) is 12.5 Å². The maximum Gasteiger partial charge on any atom is 0.305 e. The van der Waals surface area contributed by atoms with Crippen molar-refractivity contribution in [3.05, 3.63) is 23.8 Å². The minimum Gasteiger partial charge on any atom is -0.490 e. The van der Waals surface area contributed by atoms with Crippen LogP contribution < -0.4 is 15.2 Å². The van der Waals surface area contributed by atoms with Crippen LogP contribution >= 0.6 is 0 Å². The summed E-state index contributed by atoms with van der Waals surface area (Å²) in [6, 6.07) is 4.73. The summed E-state index contributed by atoms with van der Waals surface area (Å²) in [5.74, 6) is 0.311. The second-order valence-corrected chi connectivity index (χ2v) is 4.51. The number of hydrogen-bond donors (Lipinski definition) is 2. The van der Waals surface area contributed by atoms with Crippen molar-refractivity contribution in [3.8, 4) is 11.5 Å². The molecule has 0 unspecified atom stereocenters. The van der Waals surface area contributed by atoms with Gasteiger partial charge in [-0.15, -0.1) is 0 Å². The van der Waals surface area contributed by atoms with E-state index < -0.39 is 12.0 Å². The SMILES string of the molecule is CCOc1cc([C@H](N)CC(=O)O)ccc1OC(C)C. The topological polar surface area (TPSA) is 81.8 Å². The van der Waals surface area contributed by atoms with Crippen LogP contribution in [0.3, 0.4) is 0 Å². The first kappa shape index (κ1) is 15.3. The van der Waals surface area contributed by atoms with Gasteiger partial charge in [0.05, 0.1) is 19.1 Å². The molecule has 0 radical (unpaired) electrons. The number of benzene rings is 1. The highest BCUT2D eigenvalue weighted by Gasteiger charge is 2.14. The predicted octanol–water partition coefficient (Wildman–Crippen LogP) is 2.35. The summed E-state index contributed by atoms with van der Waals surface area (Å²) >= 11 is 0. The highest BCUT2D eigenvalue weighted by atomic mass is 16.5. The van der Waals surface area contributed by atoms with Gasteiger partial charge >= 0.3 is 5.97 Å². The van der Waals surface area contributed by atoms with Crippen molar-refractivity contribution >= 4 is 5.97 Å². The molecule has 19 heavy (non-hydrogen) atoms. The summed E-state index contributed by atoms with van der Waals surface area (Å²) in [4.78, 5) is 10.7. The lowest BCUT2D eigenvalue weighted by atomic mass is 10.0. The number of nitrogens with two attached hydrogens (primary N) is 1. The van der Waals surface area contributed by atoms with Crippen molar-refractivity contribution < 1.29 is 19.4 Å². The second kappa shape index (κ2) is 6.99.